The van der Waals surface area contributed by atoms with Crippen LogP contribution in [0.25, 0.3) is 5.69 Å². The van der Waals surface area contributed by atoms with Crippen molar-refractivity contribution in [2.45, 2.75) is 13.0 Å². The van der Waals surface area contributed by atoms with E-state index < -0.39 is 23.6 Å². The summed E-state index contributed by atoms with van der Waals surface area (Å²) in [6, 6.07) is 13.6. The zero-order chi connectivity index (χ0) is 18.7. The minimum atomic E-state index is -0.750. The van der Waals surface area contributed by atoms with Gasteiger partial charge in [0.05, 0.1) is 11.7 Å². The Labute approximate surface area is 147 Å². The molecule has 0 aliphatic heterocycles. The average Bonchev–Trinajstić information content (AvgIpc) is 2.62. The molecule has 5 nitrogen and oxygen atoms in total. The van der Waals surface area contributed by atoms with E-state index in [9.17, 15) is 18.4 Å². The molecule has 0 bridgehead atoms. The molecule has 0 saturated heterocycles. The van der Waals surface area contributed by atoms with Gasteiger partial charge in [0.15, 0.2) is 0 Å². The molecule has 0 spiro atoms. The van der Waals surface area contributed by atoms with Gasteiger partial charge in [0.25, 0.3) is 11.5 Å². The minimum Gasteiger partial charge on any atom is -0.344 e. The summed E-state index contributed by atoms with van der Waals surface area (Å²) in [6.45, 7) is 1.57. The number of hydrogen-bond acceptors (Lipinski definition) is 3. The standard InChI is InChI=1S/C19H15F2N3O2/c1-12(15-8-7-13(20)11-16(15)21)22-19(26)17-9-10-18(25)24(23-17)14-5-3-2-4-6-14/h2-12H,1H3,(H,22,26)/t12-/m1/s1. The fraction of sp³-hybridized carbons (Fsp3) is 0.105. The van der Waals surface area contributed by atoms with Crippen LogP contribution in [0.5, 0.6) is 0 Å². The van der Waals surface area contributed by atoms with Gasteiger partial charge >= 0.3 is 0 Å². The molecule has 1 N–H and O–H groups in total. The van der Waals surface area contributed by atoms with E-state index in [0.717, 1.165) is 16.8 Å². The first-order chi connectivity index (χ1) is 12.5. The molecule has 7 heteroatoms. The third-order valence-corrected chi connectivity index (χ3v) is 3.81. The van der Waals surface area contributed by atoms with Crippen LogP contribution in [0.3, 0.4) is 0 Å². The van der Waals surface area contributed by atoms with Crippen LogP contribution < -0.4 is 10.9 Å². The molecule has 1 heterocycles. The quantitative estimate of drug-likeness (QED) is 0.782. The normalized spacial score (nSPS) is 11.8. The topological polar surface area (TPSA) is 64.0 Å². The number of nitrogens with zero attached hydrogens (tertiary/aromatic N) is 2. The highest BCUT2D eigenvalue weighted by Crippen LogP contribution is 2.18. The van der Waals surface area contributed by atoms with Crippen molar-refractivity contribution in [3.63, 3.8) is 0 Å². The highest BCUT2D eigenvalue weighted by molar-refractivity contribution is 5.92. The van der Waals surface area contributed by atoms with Crippen molar-refractivity contribution in [1.29, 1.82) is 0 Å². The summed E-state index contributed by atoms with van der Waals surface area (Å²) in [4.78, 5) is 24.4. The van der Waals surface area contributed by atoms with Crippen LogP contribution in [0, 0.1) is 11.6 Å². The van der Waals surface area contributed by atoms with Gasteiger partial charge in [-0.1, -0.05) is 24.3 Å². The Morgan fingerprint density at radius 2 is 1.81 bits per heavy atom. The molecule has 0 unspecified atom stereocenters. The van der Waals surface area contributed by atoms with E-state index in [2.05, 4.69) is 10.4 Å². The molecular formula is C19H15F2N3O2. The van der Waals surface area contributed by atoms with Crippen LogP contribution in [0.1, 0.15) is 29.0 Å². The maximum Gasteiger partial charge on any atom is 0.272 e. The van der Waals surface area contributed by atoms with Gasteiger partial charge in [-0.2, -0.15) is 9.78 Å². The number of carbonyl (C=O) groups is 1. The first-order valence-corrected chi connectivity index (χ1v) is 7.87. The number of hydrogen-bond donors (Lipinski definition) is 1. The van der Waals surface area contributed by atoms with Crippen LogP contribution in [-0.4, -0.2) is 15.7 Å². The smallest absolute Gasteiger partial charge is 0.272 e. The first-order valence-electron chi connectivity index (χ1n) is 7.87. The van der Waals surface area contributed by atoms with Gasteiger partial charge < -0.3 is 5.32 Å². The maximum atomic E-state index is 13.8. The lowest BCUT2D eigenvalue weighted by atomic mass is 10.1. The van der Waals surface area contributed by atoms with Crippen LogP contribution in [0.4, 0.5) is 8.78 Å². The third kappa shape index (κ3) is 3.66. The molecule has 26 heavy (non-hydrogen) atoms. The fourth-order valence-electron chi connectivity index (χ4n) is 2.49. The van der Waals surface area contributed by atoms with Gasteiger partial charge in [0.1, 0.15) is 17.3 Å². The van der Waals surface area contributed by atoms with E-state index in [1.807, 2.05) is 0 Å². The van der Waals surface area contributed by atoms with Crippen molar-refractivity contribution in [3.05, 3.63) is 93.9 Å². The van der Waals surface area contributed by atoms with Crippen molar-refractivity contribution in [3.8, 4) is 5.69 Å². The molecule has 0 saturated carbocycles. The molecule has 3 rings (SSSR count). The van der Waals surface area contributed by atoms with Gasteiger partial charge in [0, 0.05) is 17.7 Å². The van der Waals surface area contributed by atoms with Gasteiger partial charge in [-0.25, -0.2) is 8.78 Å². The highest BCUT2D eigenvalue weighted by Gasteiger charge is 2.17. The number of benzene rings is 2. The Kier molecular flexibility index (Phi) is 4.88. The SMILES string of the molecule is C[C@@H](NC(=O)c1ccc(=O)n(-c2ccccc2)n1)c1ccc(F)cc1F. The van der Waals surface area contributed by atoms with E-state index in [0.29, 0.717) is 5.69 Å². The lowest BCUT2D eigenvalue weighted by Gasteiger charge is -2.15. The fourth-order valence-corrected chi connectivity index (χ4v) is 2.49. The van der Waals surface area contributed by atoms with Crippen LogP contribution in [0.15, 0.2) is 65.5 Å². The second-order valence-electron chi connectivity index (χ2n) is 5.67. The van der Waals surface area contributed by atoms with Gasteiger partial charge in [-0.15, -0.1) is 0 Å². The number of aromatic nitrogens is 2. The molecule has 3 aromatic rings. The Morgan fingerprint density at radius 3 is 2.50 bits per heavy atom. The van der Waals surface area contributed by atoms with Gasteiger partial charge in [-0.3, -0.25) is 9.59 Å². The number of nitrogens with one attached hydrogen (secondary N) is 1. The van der Waals surface area contributed by atoms with Gasteiger partial charge in [0.2, 0.25) is 0 Å². The molecule has 132 valence electrons. The monoisotopic (exact) mass is 355 g/mol. The molecule has 0 radical (unpaired) electrons. The van der Waals surface area contributed by atoms with Crippen LogP contribution in [-0.2, 0) is 0 Å². The van der Waals surface area contributed by atoms with E-state index in [1.54, 1.807) is 37.3 Å². The van der Waals surface area contributed by atoms with Crippen LogP contribution in [0.2, 0.25) is 0 Å². The van der Waals surface area contributed by atoms with Crippen molar-refractivity contribution >= 4 is 5.91 Å². The zero-order valence-corrected chi connectivity index (χ0v) is 13.8. The van der Waals surface area contributed by atoms with E-state index in [1.165, 1.54) is 18.2 Å². The third-order valence-electron chi connectivity index (χ3n) is 3.81. The summed E-state index contributed by atoms with van der Waals surface area (Å²) in [5.74, 6) is -2.02. The summed E-state index contributed by atoms with van der Waals surface area (Å²) in [6.07, 6.45) is 0. The molecule has 0 aliphatic carbocycles. The number of para-hydroxylation sites is 1. The number of carbonyl (C=O) groups excluding carboxylic acids is 1. The molecule has 1 atom stereocenters. The summed E-state index contributed by atoms with van der Waals surface area (Å²) in [7, 11) is 0. The molecule has 1 aromatic heterocycles. The second kappa shape index (κ2) is 7.26. The van der Waals surface area contributed by atoms with E-state index in [-0.39, 0.29) is 16.8 Å². The molecule has 1 amide bonds. The summed E-state index contributed by atoms with van der Waals surface area (Å²) in [5.41, 5.74) is 0.286. The lowest BCUT2D eigenvalue weighted by Crippen LogP contribution is -2.31. The Hall–Kier alpha value is -3.35. The summed E-state index contributed by atoms with van der Waals surface area (Å²) >= 11 is 0. The highest BCUT2D eigenvalue weighted by atomic mass is 19.1. The summed E-state index contributed by atoms with van der Waals surface area (Å²) < 4.78 is 28.0. The zero-order valence-electron chi connectivity index (χ0n) is 13.8. The number of amides is 1. The molecule has 0 aliphatic rings. The number of halogens is 2. The maximum absolute atomic E-state index is 13.8. The summed E-state index contributed by atoms with van der Waals surface area (Å²) in [5, 5.41) is 6.66. The van der Waals surface area contributed by atoms with Crippen LogP contribution >= 0.6 is 0 Å². The van der Waals surface area contributed by atoms with Crippen molar-refractivity contribution < 1.29 is 13.6 Å². The number of rotatable bonds is 4. The minimum absolute atomic E-state index is 0.00261. The van der Waals surface area contributed by atoms with Crippen molar-refractivity contribution in [1.82, 2.24) is 15.1 Å². The lowest BCUT2D eigenvalue weighted by molar-refractivity contribution is 0.0932. The van der Waals surface area contributed by atoms with E-state index in [4.69, 9.17) is 0 Å². The first kappa shape index (κ1) is 17.5. The van der Waals surface area contributed by atoms with Crippen molar-refractivity contribution in [2.24, 2.45) is 0 Å². The Morgan fingerprint density at radius 1 is 1.08 bits per heavy atom. The second-order valence-corrected chi connectivity index (χ2v) is 5.67. The molecular weight excluding hydrogens is 340 g/mol. The predicted octanol–water partition coefficient (Wildman–Crippen LogP) is 3.00. The largest absolute Gasteiger partial charge is 0.344 e. The Bertz CT molecular complexity index is 1000. The predicted molar refractivity (Wildman–Crippen MR) is 92.1 cm³/mol. The van der Waals surface area contributed by atoms with E-state index >= 15 is 0 Å². The Balaban J connectivity index is 1.85. The average molecular weight is 355 g/mol. The van der Waals surface area contributed by atoms with Crippen molar-refractivity contribution in [2.75, 3.05) is 0 Å². The molecule has 0 fully saturated rings. The van der Waals surface area contributed by atoms with Gasteiger partial charge in [-0.05, 0) is 31.2 Å². The molecule has 2 aromatic carbocycles.